The predicted octanol–water partition coefficient (Wildman–Crippen LogP) is 0.990. The highest BCUT2D eigenvalue weighted by Gasteiger charge is 2.28. The van der Waals surface area contributed by atoms with Gasteiger partial charge in [-0.25, -0.2) is 0 Å². The summed E-state index contributed by atoms with van der Waals surface area (Å²) in [4.78, 5) is 7.59. The third-order valence-electron chi connectivity index (χ3n) is 5.66. The van der Waals surface area contributed by atoms with Crippen molar-refractivity contribution in [2.45, 2.75) is 25.4 Å². The molecule has 0 aromatic heterocycles. The highest BCUT2D eigenvalue weighted by molar-refractivity contribution is 5.44. The van der Waals surface area contributed by atoms with Gasteiger partial charge in [-0.05, 0) is 37.1 Å². The maximum absolute atomic E-state index is 9.17. The molecule has 138 valence electrons. The van der Waals surface area contributed by atoms with E-state index in [4.69, 9.17) is 14.6 Å². The number of ether oxygens (including phenoxy) is 2. The first-order valence-electron chi connectivity index (χ1n) is 9.50. The fourth-order valence-electron chi connectivity index (χ4n) is 4.26. The maximum atomic E-state index is 9.17. The molecule has 1 aromatic carbocycles. The highest BCUT2D eigenvalue weighted by atomic mass is 16.7. The lowest BCUT2D eigenvalue weighted by molar-refractivity contribution is 0.0451. The average Bonchev–Trinajstić information content (AvgIpc) is 3.11. The monoisotopic (exact) mass is 347 g/mol. The molecule has 0 amide bonds. The van der Waals surface area contributed by atoms with Gasteiger partial charge in [0, 0.05) is 51.9 Å². The second kappa shape index (κ2) is 7.91. The minimum absolute atomic E-state index is 0.274. The van der Waals surface area contributed by atoms with Crippen LogP contribution in [0, 0.1) is 0 Å². The molecular weight excluding hydrogens is 318 g/mol. The highest BCUT2D eigenvalue weighted by Crippen LogP contribution is 2.32. The van der Waals surface area contributed by atoms with Gasteiger partial charge in [-0.1, -0.05) is 6.07 Å². The Hall–Kier alpha value is -1.34. The van der Waals surface area contributed by atoms with E-state index in [2.05, 4.69) is 26.8 Å². The number of aliphatic hydroxyl groups is 1. The third-order valence-corrected chi connectivity index (χ3v) is 5.66. The summed E-state index contributed by atoms with van der Waals surface area (Å²) in [5.74, 6) is 1.74. The number of nitrogens with zero attached hydrogens (tertiary/aromatic N) is 3. The minimum atomic E-state index is 0.274. The summed E-state index contributed by atoms with van der Waals surface area (Å²) in [6.07, 6.45) is 2.55. The van der Waals surface area contributed by atoms with Crippen LogP contribution in [0.25, 0.3) is 0 Å². The average molecular weight is 347 g/mol. The number of fused-ring (bicyclic) bond motifs is 1. The Morgan fingerprint density at radius 1 is 1.00 bits per heavy atom. The van der Waals surface area contributed by atoms with Crippen LogP contribution in [0.5, 0.6) is 11.5 Å². The minimum Gasteiger partial charge on any atom is -0.454 e. The van der Waals surface area contributed by atoms with Crippen LogP contribution < -0.4 is 9.47 Å². The fraction of sp³-hybridized carbons (Fsp3) is 0.684. The summed E-state index contributed by atoms with van der Waals surface area (Å²) in [5, 5.41) is 9.17. The zero-order valence-corrected chi connectivity index (χ0v) is 14.9. The van der Waals surface area contributed by atoms with Crippen LogP contribution >= 0.6 is 0 Å². The molecule has 0 aliphatic carbocycles. The number of piperazine rings is 1. The summed E-state index contributed by atoms with van der Waals surface area (Å²) < 4.78 is 10.9. The molecule has 25 heavy (non-hydrogen) atoms. The van der Waals surface area contributed by atoms with Crippen molar-refractivity contribution in [2.24, 2.45) is 0 Å². The second-order valence-corrected chi connectivity index (χ2v) is 7.32. The summed E-state index contributed by atoms with van der Waals surface area (Å²) in [5.41, 5.74) is 1.30. The molecule has 2 fully saturated rings. The Bertz CT molecular complexity index is 573. The van der Waals surface area contributed by atoms with E-state index >= 15 is 0 Å². The van der Waals surface area contributed by atoms with E-state index in [0.717, 1.165) is 63.9 Å². The van der Waals surface area contributed by atoms with Crippen molar-refractivity contribution in [3.05, 3.63) is 23.8 Å². The van der Waals surface area contributed by atoms with Crippen LogP contribution in [0.3, 0.4) is 0 Å². The Labute approximate surface area is 149 Å². The van der Waals surface area contributed by atoms with Crippen LogP contribution in [-0.2, 0) is 6.54 Å². The lowest BCUT2D eigenvalue weighted by Crippen LogP contribution is -2.55. The van der Waals surface area contributed by atoms with Gasteiger partial charge in [-0.2, -0.15) is 0 Å². The van der Waals surface area contributed by atoms with Crippen LogP contribution in [0.15, 0.2) is 18.2 Å². The molecule has 3 aliphatic rings. The van der Waals surface area contributed by atoms with Gasteiger partial charge in [0.25, 0.3) is 0 Å². The molecule has 6 heteroatoms. The zero-order valence-electron chi connectivity index (χ0n) is 14.9. The molecule has 0 saturated carbocycles. The maximum Gasteiger partial charge on any atom is 0.231 e. The van der Waals surface area contributed by atoms with E-state index in [1.165, 1.54) is 18.4 Å². The number of aliphatic hydroxyl groups excluding tert-OH is 1. The fourth-order valence-corrected chi connectivity index (χ4v) is 4.26. The van der Waals surface area contributed by atoms with Crippen molar-refractivity contribution >= 4 is 0 Å². The van der Waals surface area contributed by atoms with Crippen molar-refractivity contribution in [2.75, 3.05) is 59.2 Å². The normalized spacial score (nSPS) is 25.4. The molecule has 0 unspecified atom stereocenters. The zero-order chi connectivity index (χ0) is 17.1. The second-order valence-electron chi connectivity index (χ2n) is 7.32. The molecule has 6 nitrogen and oxygen atoms in total. The number of benzene rings is 1. The van der Waals surface area contributed by atoms with Gasteiger partial charge in [0.05, 0.1) is 6.61 Å². The molecule has 1 aromatic rings. The first-order valence-corrected chi connectivity index (χ1v) is 9.50. The molecule has 1 N–H and O–H groups in total. The Balaban J connectivity index is 1.27. The van der Waals surface area contributed by atoms with Gasteiger partial charge in [-0.3, -0.25) is 14.7 Å². The SMILES string of the molecule is OCCN1CCC[C@H](N2CCN(Cc3ccc4c(c3)OCO4)CC2)C1. The molecule has 3 heterocycles. The number of piperidine rings is 1. The Morgan fingerprint density at radius 2 is 1.84 bits per heavy atom. The van der Waals surface area contributed by atoms with E-state index in [1.807, 2.05) is 6.07 Å². The molecule has 0 spiro atoms. The predicted molar refractivity (Wildman–Crippen MR) is 96.0 cm³/mol. The quantitative estimate of drug-likeness (QED) is 0.857. The lowest BCUT2D eigenvalue weighted by Gasteiger charge is -2.43. The Morgan fingerprint density at radius 3 is 2.68 bits per heavy atom. The number of likely N-dealkylation sites (tertiary alicyclic amines) is 1. The van der Waals surface area contributed by atoms with Crippen molar-refractivity contribution < 1.29 is 14.6 Å². The number of β-amino-alcohol motifs (C(OH)–C–C–N with tert-alkyl or cyclic N) is 1. The van der Waals surface area contributed by atoms with Gasteiger partial charge in [0.1, 0.15) is 0 Å². The van der Waals surface area contributed by atoms with E-state index in [-0.39, 0.29) is 6.61 Å². The van der Waals surface area contributed by atoms with Gasteiger partial charge in [0.2, 0.25) is 6.79 Å². The first kappa shape index (κ1) is 17.1. The van der Waals surface area contributed by atoms with Gasteiger partial charge in [-0.15, -0.1) is 0 Å². The lowest BCUT2D eigenvalue weighted by atomic mass is 10.0. The molecule has 0 radical (unpaired) electrons. The van der Waals surface area contributed by atoms with Crippen molar-refractivity contribution in [1.29, 1.82) is 0 Å². The summed E-state index contributed by atoms with van der Waals surface area (Å²) in [7, 11) is 0. The van der Waals surface area contributed by atoms with Gasteiger partial charge < -0.3 is 14.6 Å². The van der Waals surface area contributed by atoms with Crippen molar-refractivity contribution in [3.8, 4) is 11.5 Å². The van der Waals surface area contributed by atoms with Crippen LogP contribution in [0.1, 0.15) is 18.4 Å². The molecule has 2 saturated heterocycles. The van der Waals surface area contributed by atoms with Crippen LogP contribution in [0.4, 0.5) is 0 Å². The van der Waals surface area contributed by atoms with Gasteiger partial charge in [0.15, 0.2) is 11.5 Å². The summed E-state index contributed by atoms with van der Waals surface area (Å²) >= 11 is 0. The number of hydrogen-bond acceptors (Lipinski definition) is 6. The van der Waals surface area contributed by atoms with Gasteiger partial charge >= 0.3 is 0 Å². The molecule has 0 bridgehead atoms. The topological polar surface area (TPSA) is 48.4 Å². The van der Waals surface area contributed by atoms with Crippen LogP contribution in [0.2, 0.25) is 0 Å². The first-order chi connectivity index (χ1) is 12.3. The summed E-state index contributed by atoms with van der Waals surface area (Å²) in [6.45, 7) is 9.18. The number of rotatable bonds is 5. The molecule has 1 atom stereocenters. The van der Waals surface area contributed by atoms with Crippen LogP contribution in [-0.4, -0.2) is 85.1 Å². The standard InChI is InChI=1S/C19H29N3O3/c23-11-10-20-5-1-2-17(14-20)22-8-6-21(7-9-22)13-16-3-4-18-19(12-16)25-15-24-18/h3-4,12,17,23H,1-2,5-11,13-15H2/t17-/m0/s1. The van der Waals surface area contributed by atoms with Crippen molar-refractivity contribution in [3.63, 3.8) is 0 Å². The van der Waals surface area contributed by atoms with E-state index < -0.39 is 0 Å². The van der Waals surface area contributed by atoms with E-state index in [0.29, 0.717) is 12.8 Å². The number of hydrogen-bond donors (Lipinski definition) is 1. The third kappa shape index (κ3) is 4.08. The molecule has 4 rings (SSSR count). The Kier molecular flexibility index (Phi) is 5.41. The summed E-state index contributed by atoms with van der Waals surface area (Å²) in [6, 6.07) is 6.94. The molecular formula is C19H29N3O3. The van der Waals surface area contributed by atoms with Crippen molar-refractivity contribution in [1.82, 2.24) is 14.7 Å². The van der Waals surface area contributed by atoms with E-state index in [9.17, 15) is 0 Å². The smallest absolute Gasteiger partial charge is 0.231 e. The largest absolute Gasteiger partial charge is 0.454 e. The van der Waals surface area contributed by atoms with E-state index in [1.54, 1.807) is 0 Å². The molecule has 3 aliphatic heterocycles.